The van der Waals surface area contributed by atoms with Crippen molar-refractivity contribution in [2.75, 3.05) is 6.61 Å². The molecule has 0 fully saturated rings. The van der Waals surface area contributed by atoms with E-state index >= 15 is 0 Å². The summed E-state index contributed by atoms with van der Waals surface area (Å²) >= 11 is 3.15. The first kappa shape index (κ1) is 20.3. The molecule has 2 aromatic heterocycles. The van der Waals surface area contributed by atoms with Crippen LogP contribution in [-0.2, 0) is 0 Å². The number of thiazole rings is 1. The molecule has 0 N–H and O–H groups in total. The normalized spacial score (nSPS) is 11.4. The minimum absolute atomic E-state index is 0.562. The van der Waals surface area contributed by atoms with Gasteiger partial charge in [-0.2, -0.15) is 5.26 Å². The van der Waals surface area contributed by atoms with E-state index in [1.807, 2.05) is 53.2 Å². The summed E-state index contributed by atoms with van der Waals surface area (Å²) in [7, 11) is 0. The first-order valence-corrected chi connectivity index (χ1v) is 11.4. The molecule has 0 saturated heterocycles. The molecule has 0 amide bonds. The van der Waals surface area contributed by atoms with E-state index in [4.69, 9.17) is 4.74 Å². The molecule has 0 aliphatic rings. The zero-order valence-corrected chi connectivity index (χ0v) is 17.7. The number of rotatable bonds is 10. The Kier molecular flexibility index (Phi) is 7.83. The van der Waals surface area contributed by atoms with Crippen molar-refractivity contribution < 1.29 is 4.74 Å². The largest absolute Gasteiger partial charge is 0.493 e. The molecule has 2 heterocycles. The number of allylic oxidation sites excluding steroid dienone is 1. The fourth-order valence-corrected chi connectivity index (χ4v) is 4.40. The molecule has 3 nitrogen and oxygen atoms in total. The number of aromatic nitrogens is 1. The number of unbranched alkanes of at least 4 members (excludes halogenated alkanes) is 4. The number of nitrogens with zero attached hydrogens (tertiary/aromatic N) is 2. The minimum Gasteiger partial charge on any atom is -0.493 e. The van der Waals surface area contributed by atoms with E-state index in [1.165, 1.54) is 37.0 Å². The lowest BCUT2D eigenvalue weighted by molar-refractivity contribution is 0.304. The Hall–Kier alpha value is -2.42. The first-order valence-electron chi connectivity index (χ1n) is 9.65. The fourth-order valence-electron chi connectivity index (χ4n) is 2.85. The Balaban J connectivity index is 1.72. The summed E-state index contributed by atoms with van der Waals surface area (Å²) in [6.07, 6.45) is 7.92. The lowest BCUT2D eigenvalue weighted by Crippen LogP contribution is -1.99. The van der Waals surface area contributed by atoms with Crippen LogP contribution in [0.15, 0.2) is 47.2 Å². The molecular weight excluding hydrogens is 384 g/mol. The smallest absolute Gasteiger partial charge is 0.134 e. The summed E-state index contributed by atoms with van der Waals surface area (Å²) in [5.74, 6) is 0.820. The Morgan fingerprint density at radius 3 is 2.75 bits per heavy atom. The Labute approximate surface area is 175 Å². The van der Waals surface area contributed by atoms with Gasteiger partial charge in [0, 0.05) is 10.9 Å². The fraction of sp³-hybridized carbons (Fsp3) is 0.304. The van der Waals surface area contributed by atoms with Crippen LogP contribution in [-0.4, -0.2) is 11.6 Å². The van der Waals surface area contributed by atoms with Gasteiger partial charge in [-0.25, -0.2) is 4.98 Å². The van der Waals surface area contributed by atoms with E-state index in [-0.39, 0.29) is 0 Å². The van der Waals surface area contributed by atoms with Gasteiger partial charge in [0.05, 0.1) is 22.8 Å². The molecule has 1 aromatic carbocycles. The van der Waals surface area contributed by atoms with Gasteiger partial charge in [0.15, 0.2) is 0 Å². The van der Waals surface area contributed by atoms with Crippen molar-refractivity contribution in [1.29, 1.82) is 5.26 Å². The molecule has 0 spiro atoms. The highest BCUT2D eigenvalue weighted by Crippen LogP contribution is 2.31. The third-order valence-electron chi connectivity index (χ3n) is 4.35. The predicted octanol–water partition coefficient (Wildman–Crippen LogP) is 7.28. The summed E-state index contributed by atoms with van der Waals surface area (Å²) in [4.78, 5) is 5.77. The highest BCUT2D eigenvalue weighted by Gasteiger charge is 2.11. The number of hydrogen-bond donors (Lipinski definition) is 0. The van der Waals surface area contributed by atoms with E-state index in [9.17, 15) is 5.26 Å². The van der Waals surface area contributed by atoms with Crippen LogP contribution >= 0.6 is 22.7 Å². The maximum atomic E-state index is 9.68. The molecule has 28 heavy (non-hydrogen) atoms. The molecule has 3 aromatic rings. The Morgan fingerprint density at radius 2 is 1.96 bits per heavy atom. The quantitative estimate of drug-likeness (QED) is 0.261. The maximum Gasteiger partial charge on any atom is 0.134 e. The summed E-state index contributed by atoms with van der Waals surface area (Å²) in [6, 6.07) is 14.2. The zero-order chi connectivity index (χ0) is 19.6. The molecule has 0 aliphatic carbocycles. The van der Waals surface area contributed by atoms with Crippen LogP contribution in [0, 0.1) is 11.3 Å². The molecule has 3 rings (SSSR count). The summed E-state index contributed by atoms with van der Waals surface area (Å²) in [5.41, 5.74) is 2.40. The summed E-state index contributed by atoms with van der Waals surface area (Å²) in [5, 5.41) is 14.5. The third kappa shape index (κ3) is 5.54. The molecule has 0 aliphatic heterocycles. The molecule has 0 radical (unpaired) electrons. The van der Waals surface area contributed by atoms with Gasteiger partial charge >= 0.3 is 0 Å². The zero-order valence-electron chi connectivity index (χ0n) is 16.1. The van der Waals surface area contributed by atoms with Gasteiger partial charge in [-0.1, -0.05) is 56.9 Å². The number of para-hydroxylation sites is 1. The second-order valence-corrected chi connectivity index (χ2v) is 8.29. The second-order valence-electron chi connectivity index (χ2n) is 6.49. The SMILES string of the molecule is CCCCCCCOc1ccccc1/C=C(/C#N)c1nc(-c2cccs2)cs1. The summed E-state index contributed by atoms with van der Waals surface area (Å²) in [6.45, 7) is 2.92. The van der Waals surface area contributed by atoms with Crippen molar-refractivity contribution in [2.24, 2.45) is 0 Å². The standard InChI is InChI=1S/C23H24N2OS2/c1-2-3-4-5-8-13-26-21-11-7-6-10-18(21)15-19(16-24)23-25-20(17-28-23)22-12-9-14-27-22/h6-7,9-12,14-15,17H,2-5,8,13H2,1H3/b19-15-. The van der Waals surface area contributed by atoms with Gasteiger partial charge < -0.3 is 4.74 Å². The van der Waals surface area contributed by atoms with Gasteiger partial charge in [0.25, 0.3) is 0 Å². The molecular formula is C23H24N2OS2. The predicted molar refractivity (Wildman–Crippen MR) is 120 cm³/mol. The van der Waals surface area contributed by atoms with Gasteiger partial charge in [-0.3, -0.25) is 0 Å². The number of hydrogen-bond acceptors (Lipinski definition) is 5. The molecule has 0 atom stereocenters. The van der Waals surface area contributed by atoms with Crippen molar-refractivity contribution in [1.82, 2.24) is 4.98 Å². The van der Waals surface area contributed by atoms with Crippen LogP contribution in [0.5, 0.6) is 5.75 Å². The summed E-state index contributed by atoms with van der Waals surface area (Å²) < 4.78 is 5.99. The molecule has 0 bridgehead atoms. The van der Waals surface area contributed by atoms with Crippen molar-refractivity contribution in [2.45, 2.75) is 39.0 Å². The van der Waals surface area contributed by atoms with Gasteiger partial charge in [0.1, 0.15) is 16.8 Å². The number of nitriles is 1. The van der Waals surface area contributed by atoms with E-state index < -0.39 is 0 Å². The number of thiophene rings is 1. The van der Waals surface area contributed by atoms with Crippen molar-refractivity contribution in [3.05, 3.63) is 57.7 Å². The second kappa shape index (κ2) is 10.8. The molecule has 5 heteroatoms. The highest BCUT2D eigenvalue weighted by molar-refractivity contribution is 7.14. The van der Waals surface area contributed by atoms with Gasteiger partial charge in [0.2, 0.25) is 0 Å². The van der Waals surface area contributed by atoms with Crippen molar-refractivity contribution >= 4 is 34.3 Å². The van der Waals surface area contributed by atoms with Crippen LogP contribution in [0.1, 0.15) is 49.6 Å². The number of ether oxygens (including phenoxy) is 1. The third-order valence-corrected chi connectivity index (χ3v) is 6.12. The lowest BCUT2D eigenvalue weighted by Gasteiger charge is -2.09. The van der Waals surface area contributed by atoms with E-state index in [0.29, 0.717) is 12.2 Å². The van der Waals surface area contributed by atoms with Gasteiger partial charge in [-0.05, 0) is 30.0 Å². The van der Waals surface area contributed by atoms with Crippen LogP contribution in [0.4, 0.5) is 0 Å². The minimum atomic E-state index is 0.562. The van der Waals surface area contributed by atoms with Crippen LogP contribution in [0.3, 0.4) is 0 Å². The van der Waals surface area contributed by atoms with Crippen LogP contribution in [0.25, 0.3) is 22.2 Å². The van der Waals surface area contributed by atoms with E-state index in [2.05, 4.69) is 18.0 Å². The maximum absolute atomic E-state index is 9.68. The Morgan fingerprint density at radius 1 is 1.11 bits per heavy atom. The lowest BCUT2D eigenvalue weighted by atomic mass is 10.1. The van der Waals surface area contributed by atoms with Crippen LogP contribution in [0.2, 0.25) is 0 Å². The Bertz CT molecular complexity index is 936. The molecule has 144 valence electrons. The molecule has 0 saturated carbocycles. The monoisotopic (exact) mass is 408 g/mol. The first-order chi connectivity index (χ1) is 13.8. The van der Waals surface area contributed by atoms with E-state index in [0.717, 1.165) is 33.3 Å². The highest BCUT2D eigenvalue weighted by atomic mass is 32.1. The number of benzene rings is 1. The van der Waals surface area contributed by atoms with Crippen molar-refractivity contribution in [3.63, 3.8) is 0 Å². The van der Waals surface area contributed by atoms with Gasteiger partial charge in [-0.15, -0.1) is 22.7 Å². The molecule has 0 unspecified atom stereocenters. The average Bonchev–Trinajstić information content (AvgIpc) is 3.41. The van der Waals surface area contributed by atoms with Crippen LogP contribution < -0.4 is 4.74 Å². The van der Waals surface area contributed by atoms with E-state index in [1.54, 1.807) is 11.3 Å². The topological polar surface area (TPSA) is 45.9 Å². The average molecular weight is 409 g/mol. The van der Waals surface area contributed by atoms with Crippen molar-refractivity contribution in [3.8, 4) is 22.4 Å².